The van der Waals surface area contributed by atoms with Crippen LogP contribution in [0, 0.1) is 5.82 Å². The molecule has 16 heavy (non-hydrogen) atoms. The standard InChI is InChI=1S/C10H14FNO4/c1-14-8-4-7(13)9(11)6(5-12-16-3)10(8)15-2/h4,12-13H,5H2,1-3H3. The molecule has 0 aliphatic carbocycles. The Hall–Kier alpha value is -1.53. The fraction of sp³-hybridized carbons (Fsp3) is 0.400. The summed E-state index contributed by atoms with van der Waals surface area (Å²) in [6, 6.07) is 1.16. The van der Waals surface area contributed by atoms with Crippen molar-refractivity contribution in [3.8, 4) is 17.2 Å². The third-order valence-corrected chi connectivity index (χ3v) is 2.07. The Bertz CT molecular complexity index is 370. The second-order valence-corrected chi connectivity index (χ2v) is 2.95. The lowest BCUT2D eigenvalue weighted by Crippen LogP contribution is -2.13. The summed E-state index contributed by atoms with van der Waals surface area (Å²) in [6.45, 7) is 0.0519. The van der Waals surface area contributed by atoms with E-state index in [-0.39, 0.29) is 23.6 Å². The zero-order valence-corrected chi connectivity index (χ0v) is 9.33. The summed E-state index contributed by atoms with van der Waals surface area (Å²) in [5.74, 6) is -0.774. The Morgan fingerprint density at radius 2 is 2.00 bits per heavy atom. The molecule has 1 aromatic rings. The molecule has 0 saturated carbocycles. The highest BCUT2D eigenvalue weighted by molar-refractivity contribution is 5.52. The van der Waals surface area contributed by atoms with Crippen LogP contribution in [0.2, 0.25) is 0 Å². The average molecular weight is 231 g/mol. The first kappa shape index (κ1) is 12.5. The summed E-state index contributed by atoms with van der Waals surface area (Å²) in [4.78, 5) is 4.62. The lowest BCUT2D eigenvalue weighted by molar-refractivity contribution is 0.0850. The smallest absolute Gasteiger partial charge is 0.173 e. The van der Waals surface area contributed by atoms with Crippen molar-refractivity contribution in [2.24, 2.45) is 0 Å². The van der Waals surface area contributed by atoms with Crippen LogP contribution in [0.15, 0.2) is 6.07 Å². The van der Waals surface area contributed by atoms with Crippen LogP contribution in [-0.4, -0.2) is 26.4 Å². The summed E-state index contributed by atoms with van der Waals surface area (Å²) in [6.07, 6.45) is 0. The Labute approximate surface area is 92.7 Å². The predicted molar refractivity (Wildman–Crippen MR) is 55.0 cm³/mol. The van der Waals surface area contributed by atoms with E-state index in [4.69, 9.17) is 9.47 Å². The number of benzene rings is 1. The first-order chi connectivity index (χ1) is 7.65. The molecule has 0 saturated heterocycles. The van der Waals surface area contributed by atoms with Gasteiger partial charge in [0.25, 0.3) is 0 Å². The average Bonchev–Trinajstić information content (AvgIpc) is 2.30. The number of hydrogen-bond donors (Lipinski definition) is 2. The van der Waals surface area contributed by atoms with Crippen molar-refractivity contribution in [3.63, 3.8) is 0 Å². The highest BCUT2D eigenvalue weighted by Gasteiger charge is 2.19. The molecule has 0 unspecified atom stereocenters. The van der Waals surface area contributed by atoms with Gasteiger partial charge >= 0.3 is 0 Å². The molecule has 2 N–H and O–H groups in total. The molecule has 6 heteroatoms. The number of hydroxylamine groups is 1. The van der Waals surface area contributed by atoms with Gasteiger partial charge in [0.15, 0.2) is 23.1 Å². The Morgan fingerprint density at radius 3 is 2.50 bits per heavy atom. The van der Waals surface area contributed by atoms with E-state index in [1.54, 1.807) is 0 Å². The predicted octanol–water partition coefficient (Wildman–Crippen LogP) is 1.20. The topological polar surface area (TPSA) is 60.0 Å². The molecule has 0 radical (unpaired) electrons. The van der Waals surface area contributed by atoms with Crippen molar-refractivity contribution in [2.75, 3.05) is 21.3 Å². The Balaban J connectivity index is 3.23. The van der Waals surface area contributed by atoms with Gasteiger partial charge in [0.1, 0.15) is 0 Å². The maximum absolute atomic E-state index is 13.6. The number of phenolic OH excluding ortho intramolecular Hbond substituents is 1. The van der Waals surface area contributed by atoms with Gasteiger partial charge in [-0.15, -0.1) is 0 Å². The third kappa shape index (κ3) is 2.34. The van der Waals surface area contributed by atoms with Crippen LogP contribution in [-0.2, 0) is 11.4 Å². The minimum absolute atomic E-state index is 0.0519. The summed E-state index contributed by atoms with van der Waals surface area (Å²) >= 11 is 0. The fourth-order valence-corrected chi connectivity index (χ4v) is 1.33. The van der Waals surface area contributed by atoms with Crippen LogP contribution >= 0.6 is 0 Å². The van der Waals surface area contributed by atoms with Crippen LogP contribution in [0.25, 0.3) is 0 Å². The first-order valence-electron chi connectivity index (χ1n) is 4.53. The maximum atomic E-state index is 13.6. The van der Waals surface area contributed by atoms with Crippen molar-refractivity contribution in [1.82, 2.24) is 5.48 Å². The van der Waals surface area contributed by atoms with E-state index in [0.29, 0.717) is 0 Å². The number of phenols is 1. The van der Waals surface area contributed by atoms with Gasteiger partial charge in [-0.1, -0.05) is 0 Å². The molecule has 0 aliphatic heterocycles. The van der Waals surface area contributed by atoms with Crippen LogP contribution in [0.3, 0.4) is 0 Å². The molecular formula is C10H14FNO4. The van der Waals surface area contributed by atoms with E-state index in [0.717, 1.165) is 6.07 Å². The maximum Gasteiger partial charge on any atom is 0.173 e. The monoisotopic (exact) mass is 231 g/mol. The summed E-state index contributed by atoms with van der Waals surface area (Å²) < 4.78 is 23.6. The SMILES string of the molecule is CONCc1c(F)c(O)cc(OC)c1OC. The van der Waals surface area contributed by atoms with Gasteiger partial charge in [0.2, 0.25) is 0 Å². The second-order valence-electron chi connectivity index (χ2n) is 2.95. The van der Waals surface area contributed by atoms with E-state index >= 15 is 0 Å². The number of aromatic hydroxyl groups is 1. The molecule has 0 heterocycles. The lowest BCUT2D eigenvalue weighted by atomic mass is 10.1. The van der Waals surface area contributed by atoms with Crippen LogP contribution in [0.4, 0.5) is 4.39 Å². The molecule has 0 aromatic heterocycles. The molecule has 0 atom stereocenters. The number of ether oxygens (including phenoxy) is 2. The normalized spacial score (nSPS) is 10.2. The number of nitrogens with one attached hydrogen (secondary N) is 1. The molecule has 1 rings (SSSR count). The van der Waals surface area contributed by atoms with Crippen molar-refractivity contribution >= 4 is 0 Å². The van der Waals surface area contributed by atoms with Gasteiger partial charge in [-0.25, -0.2) is 4.39 Å². The molecule has 0 amide bonds. The molecule has 5 nitrogen and oxygen atoms in total. The van der Waals surface area contributed by atoms with Crippen molar-refractivity contribution < 1.29 is 23.8 Å². The Morgan fingerprint density at radius 1 is 1.31 bits per heavy atom. The minimum atomic E-state index is -0.762. The third-order valence-electron chi connectivity index (χ3n) is 2.07. The zero-order valence-electron chi connectivity index (χ0n) is 9.33. The molecule has 0 bridgehead atoms. The quantitative estimate of drug-likeness (QED) is 0.746. The molecule has 0 spiro atoms. The number of hydrogen-bond acceptors (Lipinski definition) is 5. The van der Waals surface area contributed by atoms with Gasteiger partial charge < -0.3 is 19.4 Å². The summed E-state index contributed by atoms with van der Waals surface area (Å²) in [5.41, 5.74) is 2.61. The van der Waals surface area contributed by atoms with Crippen LogP contribution in [0.5, 0.6) is 17.2 Å². The van der Waals surface area contributed by atoms with Crippen molar-refractivity contribution in [2.45, 2.75) is 6.54 Å². The molecule has 1 aromatic carbocycles. The lowest BCUT2D eigenvalue weighted by Gasteiger charge is -2.14. The van der Waals surface area contributed by atoms with Crippen LogP contribution < -0.4 is 15.0 Å². The van der Waals surface area contributed by atoms with Gasteiger partial charge in [0.05, 0.1) is 33.4 Å². The van der Waals surface area contributed by atoms with Crippen LogP contribution in [0.1, 0.15) is 5.56 Å². The van der Waals surface area contributed by atoms with Crippen molar-refractivity contribution in [3.05, 3.63) is 17.4 Å². The summed E-state index contributed by atoms with van der Waals surface area (Å²) in [5, 5.41) is 9.35. The minimum Gasteiger partial charge on any atom is -0.505 e. The number of rotatable bonds is 5. The highest BCUT2D eigenvalue weighted by atomic mass is 19.1. The number of halogens is 1. The van der Waals surface area contributed by atoms with Gasteiger partial charge in [-0.2, -0.15) is 5.48 Å². The van der Waals surface area contributed by atoms with Gasteiger partial charge in [-0.3, -0.25) is 0 Å². The molecular weight excluding hydrogens is 217 g/mol. The number of methoxy groups -OCH3 is 2. The van der Waals surface area contributed by atoms with Gasteiger partial charge in [0, 0.05) is 6.07 Å². The van der Waals surface area contributed by atoms with Crippen molar-refractivity contribution in [1.29, 1.82) is 0 Å². The van der Waals surface area contributed by atoms with E-state index < -0.39 is 11.6 Å². The second kappa shape index (κ2) is 5.53. The first-order valence-corrected chi connectivity index (χ1v) is 4.53. The summed E-state index contributed by atoms with van der Waals surface area (Å²) in [7, 11) is 4.21. The molecule has 90 valence electrons. The Kier molecular flexibility index (Phi) is 4.33. The van der Waals surface area contributed by atoms with E-state index in [1.807, 2.05) is 0 Å². The van der Waals surface area contributed by atoms with E-state index in [9.17, 15) is 9.50 Å². The zero-order chi connectivity index (χ0) is 12.1. The van der Waals surface area contributed by atoms with Gasteiger partial charge in [-0.05, 0) is 0 Å². The van der Waals surface area contributed by atoms with E-state index in [1.165, 1.54) is 21.3 Å². The molecule has 0 aliphatic rings. The largest absolute Gasteiger partial charge is 0.505 e. The van der Waals surface area contributed by atoms with E-state index in [2.05, 4.69) is 10.3 Å². The fourth-order valence-electron chi connectivity index (χ4n) is 1.33. The highest BCUT2D eigenvalue weighted by Crippen LogP contribution is 2.37. The molecule has 0 fully saturated rings.